The topological polar surface area (TPSA) is 343 Å². The number of amides is 3. The van der Waals surface area contributed by atoms with Crippen LogP contribution in [0.4, 0.5) is 0 Å². The van der Waals surface area contributed by atoms with Gasteiger partial charge in [0.15, 0.2) is 5.78 Å². The van der Waals surface area contributed by atoms with Gasteiger partial charge in [0, 0.05) is 63.8 Å². The predicted octanol–water partition coefficient (Wildman–Crippen LogP) is 5.27. The second-order valence-corrected chi connectivity index (χ2v) is 18.1. The van der Waals surface area contributed by atoms with Crippen LogP contribution in [0.2, 0.25) is 0 Å². The van der Waals surface area contributed by atoms with E-state index >= 15 is 0 Å². The summed E-state index contributed by atoms with van der Waals surface area (Å²) in [7, 11) is 0. The molecule has 21 heteroatoms. The highest BCUT2D eigenvalue weighted by atomic mass is 16.5. The number of hydrogen-bond acceptors (Lipinski definition) is 13. The van der Waals surface area contributed by atoms with Crippen LogP contribution >= 0.6 is 0 Å². The monoisotopic (exact) mass is 1000 g/mol. The van der Waals surface area contributed by atoms with Gasteiger partial charge in [0.05, 0.1) is 31.7 Å². The lowest BCUT2D eigenvalue weighted by molar-refractivity contribution is -0.145. The normalized spacial score (nSPS) is 12.8. The minimum Gasteiger partial charge on any atom is -0.481 e. The van der Waals surface area contributed by atoms with Gasteiger partial charge in [-0.25, -0.2) is 9.59 Å². The molecule has 4 atom stereocenters. The maximum Gasteiger partial charge on any atom is 0.326 e. The fourth-order valence-electron chi connectivity index (χ4n) is 7.32. The van der Waals surface area contributed by atoms with E-state index < -0.39 is 103 Å². The third kappa shape index (κ3) is 36.6. The van der Waals surface area contributed by atoms with Gasteiger partial charge in [-0.1, -0.05) is 90.9 Å². The summed E-state index contributed by atoms with van der Waals surface area (Å²) in [5, 5.41) is 54.1. The minimum atomic E-state index is -1.33. The molecular formula is C49H81N3O18. The highest BCUT2D eigenvalue weighted by molar-refractivity contribution is 5.88. The molecule has 0 unspecified atom stereocenters. The highest BCUT2D eigenvalue weighted by Crippen LogP contribution is 2.17. The molecule has 0 rings (SSSR count). The molecule has 0 aromatic rings. The molecule has 0 saturated carbocycles. The number of carboxylic acids is 5. The number of aliphatic carboxylic acids is 5. The van der Waals surface area contributed by atoms with E-state index in [2.05, 4.69) is 16.0 Å². The van der Waals surface area contributed by atoms with E-state index in [9.17, 15) is 73.2 Å². The molecule has 0 saturated heterocycles. The lowest BCUT2D eigenvalue weighted by Crippen LogP contribution is -2.41. The van der Waals surface area contributed by atoms with Crippen molar-refractivity contribution in [3.63, 3.8) is 0 Å². The fourth-order valence-corrected chi connectivity index (χ4v) is 7.32. The lowest BCUT2D eigenvalue weighted by Gasteiger charge is -2.16. The van der Waals surface area contributed by atoms with Crippen LogP contribution in [0.3, 0.4) is 0 Å². The fraction of sp³-hybridized carbons (Fsp3) is 0.776. The van der Waals surface area contributed by atoms with E-state index in [1.165, 1.54) is 25.7 Å². The van der Waals surface area contributed by atoms with Crippen LogP contribution in [0.25, 0.3) is 0 Å². The van der Waals surface area contributed by atoms with Crippen molar-refractivity contribution in [3.05, 3.63) is 0 Å². The molecule has 0 heterocycles. The zero-order chi connectivity index (χ0) is 52.7. The van der Waals surface area contributed by atoms with Crippen molar-refractivity contribution in [1.82, 2.24) is 16.0 Å². The number of Topliss-reactive ketones (excluding diaryl/α,β-unsaturated/α-hetero) is 3. The third-order valence-corrected chi connectivity index (χ3v) is 11.6. The first-order valence-corrected chi connectivity index (χ1v) is 24.9. The van der Waals surface area contributed by atoms with Crippen LogP contribution in [-0.2, 0) is 62.2 Å². The summed E-state index contributed by atoms with van der Waals surface area (Å²) in [6.07, 6.45) is 12.3. The number of ketones is 3. The number of unbranched alkanes of at least 4 members (excludes halogenated alkanes) is 13. The summed E-state index contributed by atoms with van der Waals surface area (Å²) in [6, 6.07) is -2.63. The van der Waals surface area contributed by atoms with Crippen molar-refractivity contribution in [2.75, 3.05) is 33.0 Å². The van der Waals surface area contributed by atoms with Crippen LogP contribution in [-0.4, -0.2) is 136 Å². The van der Waals surface area contributed by atoms with E-state index in [1.54, 1.807) is 13.8 Å². The molecule has 400 valence electrons. The highest BCUT2D eigenvalue weighted by Gasteiger charge is 2.27. The van der Waals surface area contributed by atoms with E-state index in [1.807, 2.05) is 0 Å². The molecule has 8 N–H and O–H groups in total. The molecule has 0 radical (unpaired) electrons. The van der Waals surface area contributed by atoms with Crippen molar-refractivity contribution < 1.29 is 87.7 Å². The number of carbonyl (C=O) groups excluding carboxylic acids is 6. The van der Waals surface area contributed by atoms with Crippen molar-refractivity contribution in [2.24, 2.45) is 17.8 Å². The molecule has 0 aliphatic rings. The number of carboxylic acid groups (broad SMARTS) is 5. The molecule has 0 aromatic carbocycles. The van der Waals surface area contributed by atoms with Crippen LogP contribution in [0.5, 0.6) is 0 Å². The van der Waals surface area contributed by atoms with Crippen LogP contribution in [0, 0.1) is 17.8 Å². The quantitative estimate of drug-likeness (QED) is 0.0360. The average molecular weight is 1000 g/mol. The summed E-state index contributed by atoms with van der Waals surface area (Å²) in [6.45, 7) is 2.96. The molecule has 0 aliphatic heterocycles. The minimum absolute atomic E-state index is 0.0138. The van der Waals surface area contributed by atoms with Gasteiger partial charge in [-0.15, -0.1) is 0 Å². The Morgan fingerprint density at radius 3 is 1.29 bits per heavy atom. The van der Waals surface area contributed by atoms with Crippen molar-refractivity contribution in [1.29, 1.82) is 0 Å². The Kier molecular flexibility index (Phi) is 37.4. The van der Waals surface area contributed by atoms with Crippen molar-refractivity contribution in [3.8, 4) is 0 Å². The second kappa shape index (κ2) is 40.4. The van der Waals surface area contributed by atoms with Gasteiger partial charge in [0.25, 0.3) is 0 Å². The SMILES string of the molecule is CC(C)C(=O)CC[C@H](NC(=O)CC[C@H](CC(=O)COCCOCCNC(=O)CC[C@H](CC(=O)CC[C@H](NC(=O)CCCCCCCCCCCCCCCCC(=O)O)C(=O)O)C(=O)O)C(=O)O)C(=O)O. The first kappa shape index (κ1) is 64.7. The van der Waals surface area contributed by atoms with E-state index in [4.69, 9.17) is 14.6 Å². The maximum absolute atomic E-state index is 12.6. The Balaban J connectivity index is 4.26. The van der Waals surface area contributed by atoms with Gasteiger partial charge in [-0.2, -0.15) is 0 Å². The second-order valence-electron chi connectivity index (χ2n) is 18.1. The first-order valence-electron chi connectivity index (χ1n) is 24.9. The van der Waals surface area contributed by atoms with Crippen LogP contribution < -0.4 is 16.0 Å². The number of ether oxygens (including phenoxy) is 2. The molecule has 70 heavy (non-hydrogen) atoms. The standard InChI is InChI=1S/C49H81N3O18/c1-34(2)41(55)24-23-40(49(67)68)52-44(58)26-20-36(47(63)64)32-38(54)33-70-30-29-69-28-27-50-42(56)25-19-35(46(61)62)31-37(53)21-22-39(48(65)66)51-43(57)17-15-13-11-9-7-5-3-4-6-8-10-12-14-16-18-45(59)60/h34-36,39-40H,3-33H2,1-2H3,(H,50,56)(H,51,57)(H,52,58)(H,59,60)(H,61,62)(H,63,64)(H,65,66)(H,67,68)/t35-,36-,39+,40+/m1/s1. The molecule has 0 aliphatic carbocycles. The zero-order valence-electron chi connectivity index (χ0n) is 41.4. The maximum atomic E-state index is 12.6. The van der Waals surface area contributed by atoms with Gasteiger partial charge in [0.1, 0.15) is 30.3 Å². The Hall–Kier alpha value is -5.31. The largest absolute Gasteiger partial charge is 0.481 e. The average Bonchev–Trinajstić information content (AvgIpc) is 3.29. The van der Waals surface area contributed by atoms with Crippen LogP contribution in [0.1, 0.15) is 181 Å². The molecule has 21 nitrogen and oxygen atoms in total. The Bertz CT molecular complexity index is 1640. The lowest BCUT2D eigenvalue weighted by atomic mass is 9.94. The summed E-state index contributed by atoms with van der Waals surface area (Å²) in [4.78, 5) is 131. The summed E-state index contributed by atoms with van der Waals surface area (Å²) in [5.41, 5.74) is 0. The smallest absolute Gasteiger partial charge is 0.326 e. The third-order valence-electron chi connectivity index (χ3n) is 11.6. The number of rotatable bonds is 48. The van der Waals surface area contributed by atoms with Gasteiger partial charge in [-0.3, -0.25) is 43.2 Å². The summed E-state index contributed by atoms with van der Waals surface area (Å²) in [5.74, 6) is -11.6. The molecule has 0 bridgehead atoms. The number of carbonyl (C=O) groups is 11. The van der Waals surface area contributed by atoms with Gasteiger partial charge in [0.2, 0.25) is 17.7 Å². The molecular weight excluding hydrogens is 919 g/mol. The molecule has 0 spiro atoms. The number of hydrogen-bond donors (Lipinski definition) is 8. The Morgan fingerprint density at radius 1 is 0.414 bits per heavy atom. The van der Waals surface area contributed by atoms with E-state index in [0.717, 1.165) is 57.8 Å². The molecule has 0 aromatic heterocycles. The van der Waals surface area contributed by atoms with Crippen molar-refractivity contribution >= 4 is 64.9 Å². The summed E-state index contributed by atoms with van der Waals surface area (Å²) < 4.78 is 10.6. The first-order chi connectivity index (χ1) is 33.2. The van der Waals surface area contributed by atoms with Crippen LogP contribution in [0.15, 0.2) is 0 Å². The molecule has 3 amide bonds. The van der Waals surface area contributed by atoms with E-state index in [-0.39, 0.29) is 102 Å². The predicted molar refractivity (Wildman–Crippen MR) is 254 cm³/mol. The summed E-state index contributed by atoms with van der Waals surface area (Å²) >= 11 is 0. The molecule has 0 fully saturated rings. The van der Waals surface area contributed by atoms with Crippen molar-refractivity contribution in [2.45, 2.75) is 193 Å². The Labute approximate surface area is 411 Å². The van der Waals surface area contributed by atoms with Gasteiger partial charge in [-0.05, 0) is 38.5 Å². The van der Waals surface area contributed by atoms with Gasteiger partial charge >= 0.3 is 29.8 Å². The number of nitrogens with one attached hydrogen (secondary N) is 3. The zero-order valence-corrected chi connectivity index (χ0v) is 41.4. The Morgan fingerprint density at radius 2 is 0.829 bits per heavy atom. The van der Waals surface area contributed by atoms with Gasteiger partial charge < -0.3 is 51.0 Å². The van der Waals surface area contributed by atoms with E-state index in [0.29, 0.717) is 6.42 Å².